The standard InChI is InChI=1S/C12H16N2S/c13-12-4-2-1-3-9(12)6-14-7-10-5-11(8-14)15-10/h1-4,10-11H,5-8,13H2. The van der Waals surface area contributed by atoms with Crippen molar-refractivity contribution < 1.29 is 0 Å². The number of fused-ring (bicyclic) bond motifs is 2. The largest absolute Gasteiger partial charge is 0.398 e. The molecular formula is C12H16N2S. The molecule has 3 heterocycles. The number of benzene rings is 1. The van der Waals surface area contributed by atoms with Gasteiger partial charge in [0, 0.05) is 35.8 Å². The molecule has 2 unspecified atom stereocenters. The minimum atomic E-state index is 0.897. The van der Waals surface area contributed by atoms with Gasteiger partial charge in [0.15, 0.2) is 0 Å². The van der Waals surface area contributed by atoms with Crippen LogP contribution in [0.1, 0.15) is 12.0 Å². The van der Waals surface area contributed by atoms with E-state index in [-0.39, 0.29) is 0 Å². The number of nitrogen functional groups attached to an aromatic ring is 1. The lowest BCUT2D eigenvalue weighted by Gasteiger charge is -2.46. The third-order valence-electron chi connectivity index (χ3n) is 3.28. The quantitative estimate of drug-likeness (QED) is 0.773. The van der Waals surface area contributed by atoms with E-state index in [4.69, 9.17) is 5.73 Å². The van der Waals surface area contributed by atoms with Gasteiger partial charge < -0.3 is 5.73 Å². The molecule has 80 valence electrons. The summed E-state index contributed by atoms with van der Waals surface area (Å²) in [5.74, 6) is 0. The van der Waals surface area contributed by atoms with Gasteiger partial charge in [-0.3, -0.25) is 4.90 Å². The first kappa shape index (κ1) is 9.55. The molecule has 2 bridgehead atoms. The van der Waals surface area contributed by atoms with Crippen molar-refractivity contribution >= 4 is 17.4 Å². The second-order valence-corrected chi connectivity index (χ2v) is 6.11. The normalized spacial score (nSPS) is 29.9. The maximum absolute atomic E-state index is 5.95. The zero-order valence-corrected chi connectivity index (χ0v) is 9.54. The molecule has 15 heavy (non-hydrogen) atoms. The Morgan fingerprint density at radius 3 is 2.60 bits per heavy atom. The lowest BCUT2D eigenvalue weighted by molar-refractivity contribution is 0.215. The van der Waals surface area contributed by atoms with Gasteiger partial charge in [-0.05, 0) is 18.1 Å². The lowest BCUT2D eigenvalue weighted by Crippen LogP contribution is -2.50. The summed E-state index contributed by atoms with van der Waals surface area (Å²) in [7, 11) is 0. The second kappa shape index (κ2) is 3.72. The zero-order valence-electron chi connectivity index (χ0n) is 8.73. The van der Waals surface area contributed by atoms with Gasteiger partial charge in [0.1, 0.15) is 0 Å². The fraction of sp³-hybridized carbons (Fsp3) is 0.500. The molecule has 0 amide bonds. The van der Waals surface area contributed by atoms with Crippen LogP contribution < -0.4 is 5.73 Å². The van der Waals surface area contributed by atoms with Crippen LogP contribution in [0, 0.1) is 0 Å². The first-order valence-electron chi connectivity index (χ1n) is 5.52. The van der Waals surface area contributed by atoms with E-state index >= 15 is 0 Å². The Morgan fingerprint density at radius 1 is 1.27 bits per heavy atom. The number of hydrogen-bond acceptors (Lipinski definition) is 3. The summed E-state index contributed by atoms with van der Waals surface area (Å²) in [5.41, 5.74) is 8.17. The summed E-state index contributed by atoms with van der Waals surface area (Å²) in [6, 6.07) is 8.21. The van der Waals surface area contributed by atoms with Crippen LogP contribution in [0.5, 0.6) is 0 Å². The first-order valence-corrected chi connectivity index (χ1v) is 6.47. The van der Waals surface area contributed by atoms with E-state index in [9.17, 15) is 0 Å². The third-order valence-corrected chi connectivity index (χ3v) is 4.74. The smallest absolute Gasteiger partial charge is 0.0359 e. The first-order chi connectivity index (χ1) is 7.31. The van der Waals surface area contributed by atoms with Crippen molar-refractivity contribution in [1.29, 1.82) is 0 Å². The molecule has 0 aliphatic carbocycles. The van der Waals surface area contributed by atoms with Gasteiger partial charge in [0.05, 0.1) is 0 Å². The van der Waals surface area contributed by atoms with Crippen molar-refractivity contribution in [3.05, 3.63) is 29.8 Å². The molecule has 0 saturated carbocycles. The molecule has 3 heteroatoms. The predicted molar refractivity (Wildman–Crippen MR) is 65.9 cm³/mol. The average molecular weight is 220 g/mol. The maximum atomic E-state index is 5.95. The van der Waals surface area contributed by atoms with Gasteiger partial charge in [0.2, 0.25) is 0 Å². The van der Waals surface area contributed by atoms with E-state index in [2.05, 4.69) is 28.8 Å². The summed E-state index contributed by atoms with van der Waals surface area (Å²) in [6.07, 6.45) is 1.44. The number of para-hydroxylation sites is 1. The second-order valence-electron chi connectivity index (χ2n) is 4.51. The minimum Gasteiger partial charge on any atom is -0.398 e. The highest BCUT2D eigenvalue weighted by molar-refractivity contribution is 8.02. The molecular weight excluding hydrogens is 204 g/mol. The molecule has 0 spiro atoms. The molecule has 1 aromatic rings. The number of hydrogen-bond donors (Lipinski definition) is 1. The van der Waals surface area contributed by atoms with Crippen LogP contribution >= 0.6 is 11.8 Å². The molecule has 3 saturated heterocycles. The number of piperidine rings is 1. The molecule has 0 aromatic heterocycles. The van der Waals surface area contributed by atoms with E-state index in [1.807, 2.05) is 12.1 Å². The molecule has 2 N–H and O–H groups in total. The van der Waals surface area contributed by atoms with Crippen molar-refractivity contribution in [2.24, 2.45) is 0 Å². The third kappa shape index (κ3) is 1.86. The van der Waals surface area contributed by atoms with Gasteiger partial charge in [-0.25, -0.2) is 0 Å². The Kier molecular flexibility index (Phi) is 2.37. The highest BCUT2D eigenvalue weighted by atomic mass is 32.2. The van der Waals surface area contributed by atoms with E-state index in [0.717, 1.165) is 22.7 Å². The minimum absolute atomic E-state index is 0.897. The predicted octanol–water partition coefficient (Wildman–Crippen LogP) is 1.96. The van der Waals surface area contributed by atoms with Crippen molar-refractivity contribution in [3.8, 4) is 0 Å². The molecule has 2 nitrogen and oxygen atoms in total. The SMILES string of the molecule is Nc1ccccc1CN1CC2CC(C1)S2. The average Bonchev–Trinajstić information content (AvgIpc) is 2.21. The topological polar surface area (TPSA) is 29.3 Å². The van der Waals surface area contributed by atoms with Crippen molar-refractivity contribution in [2.75, 3.05) is 18.8 Å². The maximum Gasteiger partial charge on any atom is 0.0359 e. The summed E-state index contributed by atoms with van der Waals surface area (Å²) < 4.78 is 0. The van der Waals surface area contributed by atoms with Gasteiger partial charge in [-0.2, -0.15) is 11.8 Å². The van der Waals surface area contributed by atoms with E-state index < -0.39 is 0 Å². The summed E-state index contributed by atoms with van der Waals surface area (Å²) >= 11 is 2.16. The number of anilines is 1. The summed E-state index contributed by atoms with van der Waals surface area (Å²) in [5, 5.41) is 1.79. The van der Waals surface area contributed by atoms with Gasteiger partial charge >= 0.3 is 0 Å². The van der Waals surface area contributed by atoms with Crippen LogP contribution in [-0.2, 0) is 6.54 Å². The Labute approximate surface area is 94.8 Å². The molecule has 0 radical (unpaired) electrons. The molecule has 2 atom stereocenters. The Bertz CT molecular complexity index is 350. The van der Waals surface area contributed by atoms with Crippen LogP contribution in [0.4, 0.5) is 5.69 Å². The lowest BCUT2D eigenvalue weighted by atomic mass is 10.1. The molecule has 3 aliphatic heterocycles. The fourth-order valence-electron chi connectivity index (χ4n) is 2.49. The molecule has 3 aliphatic rings. The fourth-order valence-corrected chi connectivity index (χ4v) is 3.95. The van der Waals surface area contributed by atoms with Crippen LogP contribution in [0.15, 0.2) is 24.3 Å². The van der Waals surface area contributed by atoms with E-state index in [0.29, 0.717) is 0 Å². The molecule has 4 rings (SSSR count). The number of nitrogens with zero attached hydrogens (tertiary/aromatic N) is 1. The Morgan fingerprint density at radius 2 is 1.93 bits per heavy atom. The molecule has 3 fully saturated rings. The molecule has 1 aromatic carbocycles. The van der Waals surface area contributed by atoms with Crippen LogP contribution in [-0.4, -0.2) is 28.5 Å². The van der Waals surface area contributed by atoms with Gasteiger partial charge in [-0.1, -0.05) is 18.2 Å². The van der Waals surface area contributed by atoms with Crippen LogP contribution in [0.25, 0.3) is 0 Å². The number of thioether (sulfide) groups is 1. The Balaban J connectivity index is 1.68. The Hall–Kier alpha value is -0.670. The van der Waals surface area contributed by atoms with E-state index in [1.54, 1.807) is 0 Å². The van der Waals surface area contributed by atoms with Gasteiger partial charge in [-0.15, -0.1) is 0 Å². The number of nitrogens with two attached hydrogens (primary N) is 1. The van der Waals surface area contributed by atoms with Gasteiger partial charge in [0.25, 0.3) is 0 Å². The van der Waals surface area contributed by atoms with Crippen molar-refractivity contribution in [2.45, 2.75) is 23.5 Å². The monoisotopic (exact) mass is 220 g/mol. The van der Waals surface area contributed by atoms with Crippen LogP contribution in [0.3, 0.4) is 0 Å². The summed E-state index contributed by atoms with van der Waals surface area (Å²) in [4.78, 5) is 2.54. The van der Waals surface area contributed by atoms with E-state index in [1.165, 1.54) is 25.1 Å². The zero-order chi connectivity index (χ0) is 10.3. The van der Waals surface area contributed by atoms with Crippen LogP contribution in [0.2, 0.25) is 0 Å². The highest BCUT2D eigenvalue weighted by Gasteiger charge is 2.37. The number of rotatable bonds is 2. The van der Waals surface area contributed by atoms with Crippen molar-refractivity contribution in [1.82, 2.24) is 4.90 Å². The van der Waals surface area contributed by atoms with Crippen molar-refractivity contribution in [3.63, 3.8) is 0 Å². The summed E-state index contributed by atoms with van der Waals surface area (Å²) in [6.45, 7) is 3.52. The highest BCUT2D eigenvalue weighted by Crippen LogP contribution is 2.41.